The molecule has 0 aromatic heterocycles. The molecule has 162 valence electrons. The number of esters is 1. The van der Waals surface area contributed by atoms with Gasteiger partial charge < -0.3 is 9.84 Å². The third-order valence-corrected chi connectivity index (χ3v) is 4.40. The number of aliphatic hydroxyl groups excluding tert-OH is 1. The maximum absolute atomic E-state index is 11.4. The number of hydrogen-bond donors (Lipinski definition) is 1. The Hall–Kier alpha value is -0.830. The Kier molecular flexibility index (Phi) is 28.8. The minimum atomic E-state index is -0.0129. The van der Waals surface area contributed by atoms with Gasteiger partial charge in [0.25, 0.3) is 0 Å². The van der Waals surface area contributed by atoms with Crippen LogP contribution in [-0.4, -0.2) is 24.3 Å². The SMILES string of the molecule is CCCCCCCCC=CCCCCCCCC(=O)OCCCC.CCO. The number of allylic oxidation sites excluding steroid dienone is 2. The second kappa shape index (κ2) is 27.4. The quantitative estimate of drug-likeness (QED) is 0.152. The van der Waals surface area contributed by atoms with Crippen molar-refractivity contribution in [3.63, 3.8) is 0 Å². The average molecular weight is 385 g/mol. The van der Waals surface area contributed by atoms with Crippen molar-refractivity contribution < 1.29 is 14.6 Å². The molecule has 0 saturated carbocycles. The number of hydrogen-bond acceptors (Lipinski definition) is 3. The highest BCUT2D eigenvalue weighted by Gasteiger charge is 2.01. The number of unbranched alkanes of at least 4 members (excludes halogenated alkanes) is 12. The molecular weight excluding hydrogens is 336 g/mol. The summed E-state index contributed by atoms with van der Waals surface area (Å²) in [6.07, 6.45) is 24.1. The van der Waals surface area contributed by atoms with E-state index in [9.17, 15) is 4.79 Å². The second-order valence-corrected chi connectivity index (χ2v) is 7.22. The highest BCUT2D eigenvalue weighted by atomic mass is 16.5. The van der Waals surface area contributed by atoms with Crippen molar-refractivity contribution in [2.45, 2.75) is 124 Å². The predicted octanol–water partition coefficient (Wildman–Crippen LogP) is 7.37. The van der Waals surface area contributed by atoms with E-state index >= 15 is 0 Å². The molecule has 0 fully saturated rings. The Balaban J connectivity index is 0. The first-order valence-electron chi connectivity index (χ1n) is 11.6. The number of aliphatic hydroxyl groups is 1. The Bertz CT molecular complexity index is 300. The molecular formula is C24H48O3. The summed E-state index contributed by atoms with van der Waals surface area (Å²) in [5.74, 6) is -0.0129. The maximum atomic E-state index is 11.4. The fourth-order valence-electron chi connectivity index (χ4n) is 2.74. The van der Waals surface area contributed by atoms with Gasteiger partial charge in [-0.15, -0.1) is 0 Å². The van der Waals surface area contributed by atoms with Crippen LogP contribution in [-0.2, 0) is 9.53 Å². The van der Waals surface area contributed by atoms with Gasteiger partial charge in [0.15, 0.2) is 0 Å². The molecule has 3 nitrogen and oxygen atoms in total. The summed E-state index contributed by atoms with van der Waals surface area (Å²) in [4.78, 5) is 11.4. The predicted molar refractivity (Wildman–Crippen MR) is 118 cm³/mol. The van der Waals surface area contributed by atoms with E-state index in [1.165, 1.54) is 70.6 Å². The summed E-state index contributed by atoms with van der Waals surface area (Å²) < 4.78 is 5.15. The smallest absolute Gasteiger partial charge is 0.305 e. The Labute approximate surface area is 170 Å². The minimum absolute atomic E-state index is 0.0129. The van der Waals surface area contributed by atoms with Crippen molar-refractivity contribution in [3.05, 3.63) is 12.2 Å². The highest BCUT2D eigenvalue weighted by Crippen LogP contribution is 2.10. The molecule has 0 aliphatic heterocycles. The van der Waals surface area contributed by atoms with Crippen LogP contribution in [0, 0.1) is 0 Å². The monoisotopic (exact) mass is 384 g/mol. The van der Waals surface area contributed by atoms with Gasteiger partial charge in [-0.2, -0.15) is 0 Å². The Morgan fingerprint density at radius 3 is 1.67 bits per heavy atom. The number of carbonyl (C=O) groups excluding carboxylic acids is 1. The van der Waals surface area contributed by atoms with E-state index in [1.54, 1.807) is 6.92 Å². The topological polar surface area (TPSA) is 46.5 Å². The van der Waals surface area contributed by atoms with Crippen molar-refractivity contribution in [2.75, 3.05) is 13.2 Å². The van der Waals surface area contributed by atoms with Gasteiger partial charge in [0.2, 0.25) is 0 Å². The first-order chi connectivity index (χ1) is 13.2. The molecule has 0 bridgehead atoms. The van der Waals surface area contributed by atoms with Crippen LogP contribution >= 0.6 is 0 Å². The van der Waals surface area contributed by atoms with Gasteiger partial charge in [0.05, 0.1) is 6.61 Å². The zero-order valence-electron chi connectivity index (χ0n) is 18.6. The fraction of sp³-hybridized carbons (Fsp3) is 0.875. The van der Waals surface area contributed by atoms with Gasteiger partial charge in [0, 0.05) is 13.0 Å². The molecule has 0 spiro atoms. The molecule has 0 atom stereocenters. The normalized spacial score (nSPS) is 10.7. The molecule has 0 aromatic rings. The van der Waals surface area contributed by atoms with E-state index in [-0.39, 0.29) is 12.6 Å². The molecule has 0 heterocycles. The van der Waals surface area contributed by atoms with E-state index in [4.69, 9.17) is 9.84 Å². The van der Waals surface area contributed by atoms with Gasteiger partial charge in [-0.1, -0.05) is 83.8 Å². The van der Waals surface area contributed by atoms with Crippen molar-refractivity contribution in [2.24, 2.45) is 0 Å². The third kappa shape index (κ3) is 30.2. The van der Waals surface area contributed by atoms with E-state index in [0.717, 1.165) is 25.7 Å². The van der Waals surface area contributed by atoms with Crippen LogP contribution in [0.3, 0.4) is 0 Å². The molecule has 0 radical (unpaired) electrons. The van der Waals surface area contributed by atoms with E-state index in [0.29, 0.717) is 13.0 Å². The van der Waals surface area contributed by atoms with E-state index in [2.05, 4.69) is 26.0 Å². The summed E-state index contributed by atoms with van der Waals surface area (Å²) in [5, 5.41) is 7.57. The Morgan fingerprint density at radius 2 is 1.15 bits per heavy atom. The van der Waals surface area contributed by atoms with Gasteiger partial charge in [-0.3, -0.25) is 4.79 Å². The summed E-state index contributed by atoms with van der Waals surface area (Å²) >= 11 is 0. The van der Waals surface area contributed by atoms with E-state index in [1.807, 2.05) is 0 Å². The lowest BCUT2D eigenvalue weighted by Crippen LogP contribution is -2.05. The molecule has 0 rings (SSSR count). The zero-order chi connectivity index (χ0) is 20.4. The van der Waals surface area contributed by atoms with Crippen molar-refractivity contribution >= 4 is 5.97 Å². The first kappa shape index (κ1) is 28.4. The third-order valence-electron chi connectivity index (χ3n) is 4.40. The molecule has 0 aromatic carbocycles. The van der Waals surface area contributed by atoms with Gasteiger partial charge in [-0.25, -0.2) is 0 Å². The average Bonchev–Trinajstić information content (AvgIpc) is 2.66. The molecule has 0 amide bonds. The summed E-state index contributed by atoms with van der Waals surface area (Å²) in [7, 11) is 0. The molecule has 0 aliphatic rings. The summed E-state index contributed by atoms with van der Waals surface area (Å²) in [5.41, 5.74) is 0. The van der Waals surface area contributed by atoms with Crippen LogP contribution in [0.25, 0.3) is 0 Å². The zero-order valence-corrected chi connectivity index (χ0v) is 18.6. The minimum Gasteiger partial charge on any atom is -0.466 e. The van der Waals surface area contributed by atoms with Crippen LogP contribution in [0.4, 0.5) is 0 Å². The molecule has 0 unspecified atom stereocenters. The van der Waals surface area contributed by atoms with Crippen molar-refractivity contribution in [1.82, 2.24) is 0 Å². The maximum Gasteiger partial charge on any atom is 0.305 e. The fourth-order valence-corrected chi connectivity index (χ4v) is 2.74. The lowest BCUT2D eigenvalue weighted by Gasteiger charge is -2.03. The van der Waals surface area contributed by atoms with Crippen LogP contribution < -0.4 is 0 Å². The summed E-state index contributed by atoms with van der Waals surface area (Å²) in [6, 6.07) is 0. The lowest BCUT2D eigenvalue weighted by atomic mass is 10.1. The molecule has 0 saturated heterocycles. The molecule has 3 heteroatoms. The summed E-state index contributed by atoms with van der Waals surface area (Å²) in [6.45, 7) is 6.91. The standard InChI is InChI=1S/C22H42O2.C2H6O/c1-3-5-7-8-9-10-11-12-13-14-15-16-17-18-19-20-22(23)24-21-6-4-2;1-2-3/h12-13H,3-11,14-21H2,1-2H3;3H,2H2,1H3. The van der Waals surface area contributed by atoms with Gasteiger partial charge >= 0.3 is 5.97 Å². The highest BCUT2D eigenvalue weighted by molar-refractivity contribution is 5.69. The van der Waals surface area contributed by atoms with Crippen LogP contribution in [0.5, 0.6) is 0 Å². The van der Waals surface area contributed by atoms with Crippen molar-refractivity contribution in [3.8, 4) is 0 Å². The van der Waals surface area contributed by atoms with Crippen LogP contribution in [0.2, 0.25) is 0 Å². The van der Waals surface area contributed by atoms with Crippen LogP contribution in [0.1, 0.15) is 124 Å². The van der Waals surface area contributed by atoms with E-state index < -0.39 is 0 Å². The lowest BCUT2D eigenvalue weighted by molar-refractivity contribution is -0.143. The van der Waals surface area contributed by atoms with Gasteiger partial charge in [0.1, 0.15) is 0 Å². The number of ether oxygens (including phenoxy) is 1. The van der Waals surface area contributed by atoms with Gasteiger partial charge in [-0.05, 0) is 45.4 Å². The molecule has 0 aliphatic carbocycles. The van der Waals surface area contributed by atoms with Crippen molar-refractivity contribution in [1.29, 1.82) is 0 Å². The molecule has 27 heavy (non-hydrogen) atoms. The number of carbonyl (C=O) groups is 1. The second-order valence-electron chi connectivity index (χ2n) is 7.22. The number of rotatable bonds is 18. The molecule has 1 N–H and O–H groups in total. The largest absolute Gasteiger partial charge is 0.466 e. The van der Waals surface area contributed by atoms with Crippen LogP contribution in [0.15, 0.2) is 12.2 Å². The Morgan fingerprint density at radius 1 is 0.704 bits per heavy atom. The first-order valence-corrected chi connectivity index (χ1v) is 11.6.